The van der Waals surface area contributed by atoms with Gasteiger partial charge in [-0.25, -0.2) is 0 Å². The lowest BCUT2D eigenvalue weighted by molar-refractivity contribution is -0.131. The molecule has 0 fully saturated rings. The number of thioether (sulfide) groups is 1. The van der Waals surface area contributed by atoms with Crippen LogP contribution < -0.4 is 21.7 Å². The van der Waals surface area contributed by atoms with Gasteiger partial charge in [0.1, 0.15) is 6.04 Å². The number of fused-ring (bicyclic) bond motifs is 1. The summed E-state index contributed by atoms with van der Waals surface area (Å²) in [6.07, 6.45) is -1.40. The summed E-state index contributed by atoms with van der Waals surface area (Å²) in [5.41, 5.74) is 5.90. The maximum atomic E-state index is 13.2. The first-order chi connectivity index (χ1) is 19.3. The Morgan fingerprint density at radius 1 is 0.927 bits per heavy atom. The van der Waals surface area contributed by atoms with Gasteiger partial charge in [0.15, 0.2) is 0 Å². The summed E-state index contributed by atoms with van der Waals surface area (Å²) in [7, 11) is 0. The molecule has 0 heterocycles. The summed E-state index contributed by atoms with van der Waals surface area (Å²) in [6, 6.07) is 19.0. The molecule has 3 unspecified atom stereocenters. The Balaban J connectivity index is 1.85. The molecule has 41 heavy (non-hydrogen) atoms. The topological polar surface area (TPSA) is 151 Å². The summed E-state index contributed by atoms with van der Waals surface area (Å²) in [4.78, 5) is 50.4. The fraction of sp³-hybridized carbons (Fsp3) is 0.355. The third kappa shape index (κ3) is 9.91. The van der Waals surface area contributed by atoms with Crippen molar-refractivity contribution >= 4 is 46.2 Å². The van der Waals surface area contributed by atoms with E-state index in [9.17, 15) is 24.3 Å². The lowest BCUT2D eigenvalue weighted by atomic mass is 9.97. The van der Waals surface area contributed by atoms with Crippen molar-refractivity contribution in [2.24, 2.45) is 5.73 Å². The fourth-order valence-electron chi connectivity index (χ4n) is 4.33. The monoisotopic (exact) mass is 578 g/mol. The van der Waals surface area contributed by atoms with Crippen LogP contribution in [-0.4, -0.2) is 58.2 Å². The molecule has 218 valence electrons. The molecule has 0 saturated heterocycles. The van der Waals surface area contributed by atoms with E-state index in [1.54, 1.807) is 24.3 Å². The van der Waals surface area contributed by atoms with E-state index in [0.717, 1.165) is 15.7 Å². The molecular weight excluding hydrogens is 540 g/mol. The molecule has 0 radical (unpaired) electrons. The van der Waals surface area contributed by atoms with Gasteiger partial charge >= 0.3 is 0 Å². The number of carbonyl (C=O) groups excluding carboxylic acids is 4. The average molecular weight is 579 g/mol. The summed E-state index contributed by atoms with van der Waals surface area (Å²) < 4.78 is 0. The van der Waals surface area contributed by atoms with E-state index in [1.165, 1.54) is 18.7 Å². The zero-order valence-electron chi connectivity index (χ0n) is 23.8. The highest BCUT2D eigenvalue weighted by Gasteiger charge is 2.29. The standard InChI is InChI=1S/C31H38N4O5S/c1-19(36)33-25(17-28(32)38)30(40)34-26(18-41-23-14-13-20-9-5-6-10-21(20)15-23)27(37)16-22-11-7-8-12-24(22)29(39)35-31(2,3)4/h5-15,25-27,37H,16-18H2,1-4H3,(H2,32,38)(H,33,36)(H,34,40)(H,35,39). The second-order valence-electron chi connectivity index (χ2n) is 11.0. The molecule has 0 aliphatic carbocycles. The zero-order valence-corrected chi connectivity index (χ0v) is 24.6. The Morgan fingerprint density at radius 3 is 2.24 bits per heavy atom. The van der Waals surface area contributed by atoms with Crippen molar-refractivity contribution < 1.29 is 24.3 Å². The van der Waals surface area contributed by atoms with Crippen molar-refractivity contribution in [3.8, 4) is 0 Å². The molecule has 0 spiro atoms. The van der Waals surface area contributed by atoms with Crippen LogP contribution in [-0.2, 0) is 20.8 Å². The van der Waals surface area contributed by atoms with Gasteiger partial charge in [-0.05, 0) is 55.3 Å². The minimum absolute atomic E-state index is 0.0809. The smallest absolute Gasteiger partial charge is 0.251 e. The van der Waals surface area contributed by atoms with E-state index < -0.39 is 41.4 Å². The molecular formula is C31H38N4O5S. The molecule has 3 rings (SSSR count). The van der Waals surface area contributed by atoms with Gasteiger partial charge < -0.3 is 26.8 Å². The van der Waals surface area contributed by atoms with Crippen molar-refractivity contribution in [1.82, 2.24) is 16.0 Å². The molecule has 3 atom stereocenters. The number of amides is 4. The van der Waals surface area contributed by atoms with Gasteiger partial charge in [-0.15, -0.1) is 11.8 Å². The second kappa shape index (κ2) is 14.1. The molecule has 3 aromatic rings. The van der Waals surface area contributed by atoms with E-state index in [0.29, 0.717) is 11.1 Å². The van der Waals surface area contributed by atoms with E-state index in [4.69, 9.17) is 5.73 Å². The first kappa shape index (κ1) is 31.6. The highest BCUT2D eigenvalue weighted by molar-refractivity contribution is 7.99. The fourth-order valence-corrected chi connectivity index (χ4v) is 5.38. The molecule has 0 bridgehead atoms. The quantitative estimate of drug-likeness (QED) is 0.209. The molecule has 0 aliphatic rings. The Kier molecular flexibility index (Phi) is 10.9. The SMILES string of the molecule is CC(=O)NC(CC(N)=O)C(=O)NC(CSc1ccc2ccccc2c1)C(O)Cc1ccccc1C(=O)NC(C)(C)C. The van der Waals surface area contributed by atoms with Crippen LogP contribution in [0.5, 0.6) is 0 Å². The predicted molar refractivity (Wildman–Crippen MR) is 161 cm³/mol. The van der Waals surface area contributed by atoms with Gasteiger partial charge in [0, 0.05) is 35.1 Å². The van der Waals surface area contributed by atoms with Gasteiger partial charge in [-0.1, -0.05) is 48.5 Å². The molecule has 0 saturated carbocycles. The third-order valence-electron chi connectivity index (χ3n) is 6.22. The first-order valence-electron chi connectivity index (χ1n) is 13.4. The molecule has 9 nitrogen and oxygen atoms in total. The number of nitrogens with one attached hydrogen (secondary N) is 3. The van der Waals surface area contributed by atoms with Gasteiger partial charge in [0.2, 0.25) is 17.7 Å². The van der Waals surface area contributed by atoms with E-state index in [1.807, 2.05) is 63.2 Å². The molecule has 0 aromatic heterocycles. The van der Waals surface area contributed by atoms with Crippen molar-refractivity contribution in [2.45, 2.75) is 69.2 Å². The van der Waals surface area contributed by atoms with Crippen LogP contribution in [0.3, 0.4) is 0 Å². The summed E-state index contributed by atoms with van der Waals surface area (Å²) in [5, 5.41) is 21.8. The van der Waals surface area contributed by atoms with Gasteiger partial charge in [0.25, 0.3) is 5.91 Å². The van der Waals surface area contributed by atoms with Crippen molar-refractivity contribution in [2.75, 3.05) is 5.75 Å². The number of primary amides is 1. The van der Waals surface area contributed by atoms with Gasteiger partial charge in [-0.3, -0.25) is 19.2 Å². The molecule has 6 N–H and O–H groups in total. The van der Waals surface area contributed by atoms with E-state index in [2.05, 4.69) is 16.0 Å². The minimum atomic E-state index is -1.18. The van der Waals surface area contributed by atoms with E-state index >= 15 is 0 Å². The van der Waals surface area contributed by atoms with Crippen LogP contribution in [0.4, 0.5) is 0 Å². The predicted octanol–water partition coefficient (Wildman–Crippen LogP) is 2.93. The Hall–Kier alpha value is -3.89. The average Bonchev–Trinajstić information content (AvgIpc) is 2.89. The maximum Gasteiger partial charge on any atom is 0.251 e. The first-order valence-corrected chi connectivity index (χ1v) is 14.4. The highest BCUT2D eigenvalue weighted by Crippen LogP contribution is 2.25. The summed E-state index contributed by atoms with van der Waals surface area (Å²) in [6.45, 7) is 6.89. The lowest BCUT2D eigenvalue weighted by Gasteiger charge is -2.27. The number of aliphatic hydroxyl groups is 1. The molecule has 10 heteroatoms. The van der Waals surface area contributed by atoms with Crippen molar-refractivity contribution in [3.05, 3.63) is 77.9 Å². The number of carbonyl (C=O) groups is 4. The van der Waals surface area contributed by atoms with Gasteiger partial charge in [-0.2, -0.15) is 0 Å². The number of rotatable bonds is 12. The van der Waals surface area contributed by atoms with Crippen molar-refractivity contribution in [3.63, 3.8) is 0 Å². The minimum Gasteiger partial charge on any atom is -0.391 e. The number of nitrogens with two attached hydrogens (primary N) is 1. The van der Waals surface area contributed by atoms with Crippen LogP contribution in [0.2, 0.25) is 0 Å². The number of aliphatic hydroxyl groups excluding tert-OH is 1. The Labute approximate surface area is 244 Å². The van der Waals surface area contributed by atoms with Crippen LogP contribution in [0.25, 0.3) is 10.8 Å². The third-order valence-corrected chi connectivity index (χ3v) is 7.33. The van der Waals surface area contributed by atoms with Crippen LogP contribution in [0, 0.1) is 0 Å². The summed E-state index contributed by atoms with van der Waals surface area (Å²) >= 11 is 1.45. The second-order valence-corrected chi connectivity index (χ2v) is 12.1. The Morgan fingerprint density at radius 2 is 1.59 bits per heavy atom. The van der Waals surface area contributed by atoms with Crippen LogP contribution in [0.1, 0.15) is 50.0 Å². The maximum absolute atomic E-state index is 13.2. The molecule has 4 amide bonds. The molecule has 3 aromatic carbocycles. The number of hydrogen-bond donors (Lipinski definition) is 5. The largest absolute Gasteiger partial charge is 0.391 e. The number of benzene rings is 3. The van der Waals surface area contributed by atoms with Crippen molar-refractivity contribution in [1.29, 1.82) is 0 Å². The van der Waals surface area contributed by atoms with Crippen LogP contribution >= 0.6 is 11.8 Å². The van der Waals surface area contributed by atoms with Gasteiger partial charge in [0.05, 0.1) is 18.6 Å². The van der Waals surface area contributed by atoms with Crippen LogP contribution in [0.15, 0.2) is 71.6 Å². The number of hydrogen-bond acceptors (Lipinski definition) is 6. The molecule has 0 aliphatic heterocycles. The summed E-state index contributed by atoms with van der Waals surface area (Å²) in [5.74, 6) is -1.86. The Bertz CT molecular complexity index is 1390. The normalized spacial score (nSPS) is 13.6. The zero-order chi connectivity index (χ0) is 30.2. The lowest BCUT2D eigenvalue weighted by Crippen LogP contribution is -2.54. The van der Waals surface area contributed by atoms with E-state index in [-0.39, 0.29) is 24.5 Å². The highest BCUT2D eigenvalue weighted by atomic mass is 32.2.